The van der Waals surface area contributed by atoms with Gasteiger partial charge < -0.3 is 5.32 Å². The SMILES string of the molecule is C[C@H]1[C@H](F)C[C@@H](C(=O)NCc2cn([C@H]3CC[C@H](C(F)(F)F)CC3)nc2C(F)(F)F)N1S(=O)(=O)c1ccc(F)cc1. The summed E-state index contributed by atoms with van der Waals surface area (Å²) >= 11 is 0. The molecule has 1 saturated heterocycles. The van der Waals surface area contributed by atoms with Crippen molar-refractivity contribution in [2.75, 3.05) is 0 Å². The number of halogens is 8. The predicted octanol–water partition coefficient (Wildman–Crippen LogP) is 5.14. The minimum Gasteiger partial charge on any atom is -0.350 e. The van der Waals surface area contributed by atoms with Gasteiger partial charge in [-0.05, 0) is 56.9 Å². The van der Waals surface area contributed by atoms with E-state index >= 15 is 0 Å². The Labute approximate surface area is 224 Å². The summed E-state index contributed by atoms with van der Waals surface area (Å²) in [6.07, 6.45) is -11.2. The summed E-state index contributed by atoms with van der Waals surface area (Å²) in [5, 5.41) is 5.78. The summed E-state index contributed by atoms with van der Waals surface area (Å²) in [5.74, 6) is -3.31. The maximum atomic E-state index is 14.6. The van der Waals surface area contributed by atoms with Gasteiger partial charge in [0, 0.05) is 24.7 Å². The summed E-state index contributed by atoms with van der Waals surface area (Å²) in [6, 6.07) is 0.0636. The van der Waals surface area contributed by atoms with Gasteiger partial charge >= 0.3 is 12.4 Å². The number of carbonyl (C=O) groups excluding carboxylic acids is 1. The van der Waals surface area contributed by atoms with Crippen LogP contribution >= 0.6 is 0 Å². The molecule has 16 heteroatoms. The molecule has 2 heterocycles. The predicted molar refractivity (Wildman–Crippen MR) is 124 cm³/mol. The standard InChI is InChI=1S/C24H26F8N4O3S/c1-13-19(26)10-20(36(13)40(38,39)18-8-4-16(25)5-9-18)22(37)33-11-14-12-35(34-21(14)24(30,31)32)17-6-2-15(3-7-17)23(27,28)29/h4-5,8-9,12-13,15,17,19-20H,2-3,6-7,10-11H2,1H3,(H,33,37)/t13-,15-,17-,19+,20-/m0/s1. The minimum atomic E-state index is -4.95. The lowest BCUT2D eigenvalue weighted by Crippen LogP contribution is -2.48. The average molecular weight is 603 g/mol. The molecular weight excluding hydrogens is 576 g/mol. The number of benzene rings is 1. The van der Waals surface area contributed by atoms with E-state index in [1.54, 1.807) is 0 Å². The van der Waals surface area contributed by atoms with Crippen LogP contribution in [0.2, 0.25) is 0 Å². The lowest BCUT2D eigenvalue weighted by molar-refractivity contribution is -0.183. The number of sulfonamides is 1. The van der Waals surface area contributed by atoms with E-state index in [4.69, 9.17) is 0 Å². The summed E-state index contributed by atoms with van der Waals surface area (Å²) in [7, 11) is -4.48. The fraction of sp³-hybridized carbons (Fsp3) is 0.583. The van der Waals surface area contributed by atoms with Gasteiger partial charge in [0.25, 0.3) is 0 Å². The number of carbonyl (C=O) groups is 1. The number of amides is 1. The van der Waals surface area contributed by atoms with Crippen LogP contribution in [0.4, 0.5) is 35.1 Å². The van der Waals surface area contributed by atoms with E-state index in [0.29, 0.717) is 4.31 Å². The second kappa shape index (κ2) is 10.9. The van der Waals surface area contributed by atoms with Gasteiger partial charge in [-0.2, -0.15) is 35.7 Å². The van der Waals surface area contributed by atoms with E-state index < -0.39 is 93.4 Å². The second-order valence-corrected chi connectivity index (χ2v) is 11.9. The molecule has 7 nitrogen and oxygen atoms in total. The van der Waals surface area contributed by atoms with Crippen molar-refractivity contribution in [2.24, 2.45) is 5.92 Å². The quantitative estimate of drug-likeness (QED) is 0.465. The highest BCUT2D eigenvalue weighted by molar-refractivity contribution is 7.89. The topological polar surface area (TPSA) is 84.3 Å². The van der Waals surface area contributed by atoms with Crippen LogP contribution in [-0.2, 0) is 27.5 Å². The normalized spacial score (nSPS) is 26.7. The third kappa shape index (κ3) is 6.11. The molecular formula is C24H26F8N4O3S. The highest BCUT2D eigenvalue weighted by Gasteiger charge is 2.49. The molecule has 1 amide bonds. The molecule has 3 atom stereocenters. The third-order valence-electron chi connectivity index (χ3n) is 7.44. The van der Waals surface area contributed by atoms with Crippen LogP contribution < -0.4 is 5.32 Å². The van der Waals surface area contributed by atoms with Crippen molar-refractivity contribution in [1.82, 2.24) is 19.4 Å². The van der Waals surface area contributed by atoms with Crippen molar-refractivity contribution in [1.29, 1.82) is 0 Å². The summed E-state index contributed by atoms with van der Waals surface area (Å²) in [5.41, 5.74) is -1.82. The number of rotatable bonds is 6. The van der Waals surface area contributed by atoms with Crippen LogP contribution in [-0.4, -0.2) is 52.8 Å². The van der Waals surface area contributed by atoms with Gasteiger partial charge in [0.15, 0.2) is 5.69 Å². The van der Waals surface area contributed by atoms with E-state index in [1.165, 1.54) is 6.92 Å². The zero-order valence-electron chi connectivity index (χ0n) is 21.0. The zero-order chi connectivity index (χ0) is 29.6. The molecule has 40 heavy (non-hydrogen) atoms. The Morgan fingerprint density at radius 2 is 1.65 bits per heavy atom. The van der Waals surface area contributed by atoms with Gasteiger partial charge in [-0.1, -0.05) is 0 Å². The molecule has 1 aromatic heterocycles. The van der Waals surface area contributed by atoms with Crippen LogP contribution in [0.25, 0.3) is 0 Å². The van der Waals surface area contributed by atoms with Crippen molar-refractivity contribution in [2.45, 2.75) is 87.1 Å². The molecule has 2 aliphatic rings. The Hall–Kier alpha value is -2.75. The largest absolute Gasteiger partial charge is 0.435 e. The maximum absolute atomic E-state index is 14.6. The molecule has 4 rings (SSSR count). The van der Waals surface area contributed by atoms with Crippen LogP contribution in [0.3, 0.4) is 0 Å². The Morgan fingerprint density at radius 3 is 2.20 bits per heavy atom. The summed E-state index contributed by atoms with van der Waals surface area (Å²) < 4.78 is 136. The fourth-order valence-corrected chi connectivity index (χ4v) is 7.06. The molecule has 0 bridgehead atoms. The fourth-order valence-electron chi connectivity index (χ4n) is 5.25. The number of aromatic nitrogens is 2. The molecule has 0 radical (unpaired) electrons. The molecule has 0 spiro atoms. The van der Waals surface area contributed by atoms with E-state index in [-0.39, 0.29) is 25.7 Å². The van der Waals surface area contributed by atoms with Gasteiger partial charge in [-0.15, -0.1) is 0 Å². The van der Waals surface area contributed by atoms with Gasteiger partial charge in [0.05, 0.1) is 22.9 Å². The first-order valence-corrected chi connectivity index (χ1v) is 13.9. The number of alkyl halides is 7. The summed E-state index contributed by atoms with van der Waals surface area (Å²) in [4.78, 5) is 12.6. The monoisotopic (exact) mass is 602 g/mol. The summed E-state index contributed by atoms with van der Waals surface area (Å²) in [6.45, 7) is 0.496. The van der Waals surface area contributed by atoms with E-state index in [0.717, 1.165) is 35.1 Å². The maximum Gasteiger partial charge on any atom is 0.435 e. The number of nitrogens with zero attached hydrogens (tertiary/aromatic N) is 3. The molecule has 2 fully saturated rings. The highest BCUT2D eigenvalue weighted by atomic mass is 32.2. The molecule has 0 unspecified atom stereocenters. The van der Waals surface area contributed by atoms with Crippen molar-refractivity contribution in [3.05, 3.63) is 47.5 Å². The van der Waals surface area contributed by atoms with Crippen LogP contribution in [0, 0.1) is 11.7 Å². The molecule has 1 aliphatic heterocycles. The van der Waals surface area contributed by atoms with Crippen molar-refractivity contribution in [3.63, 3.8) is 0 Å². The van der Waals surface area contributed by atoms with Crippen LogP contribution in [0.5, 0.6) is 0 Å². The zero-order valence-corrected chi connectivity index (χ0v) is 21.8. The first kappa shape index (κ1) is 30.2. The molecule has 2 aromatic rings. The van der Waals surface area contributed by atoms with Gasteiger partial charge in [-0.25, -0.2) is 17.2 Å². The van der Waals surface area contributed by atoms with Crippen LogP contribution in [0.1, 0.15) is 56.3 Å². The number of hydrogen-bond acceptors (Lipinski definition) is 4. The van der Waals surface area contributed by atoms with Gasteiger partial charge in [0.1, 0.15) is 18.0 Å². The number of hydrogen-bond donors (Lipinski definition) is 1. The molecule has 1 aliphatic carbocycles. The van der Waals surface area contributed by atoms with E-state index in [1.807, 2.05) is 0 Å². The molecule has 1 N–H and O–H groups in total. The molecule has 1 aromatic carbocycles. The van der Waals surface area contributed by atoms with Crippen LogP contribution in [0.15, 0.2) is 35.4 Å². The minimum absolute atomic E-state index is 0.0387. The first-order valence-electron chi connectivity index (χ1n) is 12.4. The average Bonchev–Trinajstić information content (AvgIpc) is 3.44. The lowest BCUT2D eigenvalue weighted by Gasteiger charge is -2.29. The molecule has 1 saturated carbocycles. The Balaban J connectivity index is 1.52. The second-order valence-electron chi connectivity index (χ2n) is 10.0. The van der Waals surface area contributed by atoms with Crippen molar-refractivity contribution >= 4 is 15.9 Å². The Morgan fingerprint density at radius 1 is 1.05 bits per heavy atom. The Bertz CT molecular complexity index is 1320. The van der Waals surface area contributed by atoms with Gasteiger partial charge in [-0.3, -0.25) is 9.48 Å². The lowest BCUT2D eigenvalue weighted by atomic mass is 9.86. The smallest absolute Gasteiger partial charge is 0.350 e. The third-order valence-corrected chi connectivity index (χ3v) is 9.45. The number of nitrogens with one attached hydrogen (secondary N) is 1. The van der Waals surface area contributed by atoms with Gasteiger partial charge in [0.2, 0.25) is 15.9 Å². The first-order chi connectivity index (χ1) is 18.5. The molecule has 222 valence electrons. The van der Waals surface area contributed by atoms with Crippen molar-refractivity contribution < 1.29 is 48.3 Å². The van der Waals surface area contributed by atoms with E-state index in [9.17, 15) is 48.3 Å². The van der Waals surface area contributed by atoms with E-state index in [2.05, 4.69) is 10.4 Å². The Kier molecular flexibility index (Phi) is 8.24. The highest BCUT2D eigenvalue weighted by Crippen LogP contribution is 2.42. The van der Waals surface area contributed by atoms with Crippen molar-refractivity contribution in [3.8, 4) is 0 Å².